The number of rotatable bonds is 7. The molecule has 2 aromatic carbocycles. The predicted molar refractivity (Wildman–Crippen MR) is 116 cm³/mol. The summed E-state index contributed by atoms with van der Waals surface area (Å²) in [7, 11) is -2.59. The van der Waals surface area contributed by atoms with Gasteiger partial charge in [-0.15, -0.1) is 0 Å². The molecule has 1 aromatic heterocycles. The summed E-state index contributed by atoms with van der Waals surface area (Å²) in [6.07, 6.45) is 1.21. The molecule has 0 spiro atoms. The van der Waals surface area contributed by atoms with Gasteiger partial charge < -0.3 is 14.4 Å². The van der Waals surface area contributed by atoms with E-state index in [1.54, 1.807) is 29.2 Å². The summed E-state index contributed by atoms with van der Waals surface area (Å²) < 4.78 is 40.3. The minimum atomic E-state index is -3.99. The van der Waals surface area contributed by atoms with Crippen LogP contribution in [0.25, 0.3) is 10.2 Å². The minimum Gasteiger partial charge on any atom is -0.495 e. The molecule has 4 rings (SSSR count). The van der Waals surface area contributed by atoms with Gasteiger partial charge in [-0.05, 0) is 49.7 Å². The zero-order valence-corrected chi connectivity index (χ0v) is 18.2. The van der Waals surface area contributed by atoms with Gasteiger partial charge in [-0.1, -0.05) is 11.3 Å². The SMILES string of the molecule is CCOc1ccc2nc(NS(=O)(=O)c3cc(N4CCCC4=O)ccc3OC)sc2c1. The van der Waals surface area contributed by atoms with Gasteiger partial charge in [-0.2, -0.15) is 0 Å². The fourth-order valence-corrected chi connectivity index (χ4v) is 5.66. The maximum Gasteiger partial charge on any atom is 0.267 e. The Kier molecular flexibility index (Phi) is 5.52. The van der Waals surface area contributed by atoms with Crippen molar-refractivity contribution < 1.29 is 22.7 Å². The number of benzene rings is 2. The number of fused-ring (bicyclic) bond motifs is 1. The normalized spacial score (nSPS) is 14.3. The van der Waals surface area contributed by atoms with E-state index in [9.17, 15) is 13.2 Å². The molecule has 0 aliphatic carbocycles. The smallest absolute Gasteiger partial charge is 0.267 e. The van der Waals surface area contributed by atoms with Crippen molar-refractivity contribution in [2.75, 3.05) is 29.9 Å². The van der Waals surface area contributed by atoms with Crippen LogP contribution in [0.4, 0.5) is 10.8 Å². The average Bonchev–Trinajstić information content (AvgIpc) is 3.32. The molecule has 3 aromatic rings. The Hall–Kier alpha value is -2.85. The van der Waals surface area contributed by atoms with Crippen LogP contribution in [-0.2, 0) is 14.8 Å². The maximum absolute atomic E-state index is 13.1. The molecule has 1 aliphatic heterocycles. The Balaban J connectivity index is 1.67. The first kappa shape index (κ1) is 20.4. The molecule has 0 saturated carbocycles. The number of amides is 1. The standard InChI is InChI=1S/C20H21N3O5S2/c1-3-28-14-7-8-15-17(12-14)29-20(21-15)22-30(25,26)18-11-13(6-9-16(18)27-2)23-10-4-5-19(23)24/h6-9,11-12H,3-5,10H2,1-2H3,(H,21,22). The van der Waals surface area contributed by atoms with Gasteiger partial charge in [0.1, 0.15) is 16.4 Å². The van der Waals surface area contributed by atoms with Crippen LogP contribution >= 0.6 is 11.3 Å². The molecule has 1 fully saturated rings. The van der Waals surface area contributed by atoms with Crippen molar-refractivity contribution in [1.82, 2.24) is 4.98 Å². The number of aromatic nitrogens is 1. The Labute approximate surface area is 178 Å². The Bertz CT molecular complexity index is 1210. The third-order valence-electron chi connectivity index (χ3n) is 4.71. The van der Waals surface area contributed by atoms with Crippen LogP contribution in [0.15, 0.2) is 41.3 Å². The highest BCUT2D eigenvalue weighted by Crippen LogP contribution is 2.34. The average molecular weight is 448 g/mol. The van der Waals surface area contributed by atoms with Gasteiger partial charge in [0, 0.05) is 18.7 Å². The van der Waals surface area contributed by atoms with Crippen molar-refractivity contribution in [1.29, 1.82) is 0 Å². The van der Waals surface area contributed by atoms with Crippen LogP contribution in [-0.4, -0.2) is 39.6 Å². The lowest BCUT2D eigenvalue weighted by molar-refractivity contribution is -0.117. The van der Waals surface area contributed by atoms with Crippen LogP contribution < -0.4 is 19.1 Å². The molecular weight excluding hydrogens is 426 g/mol. The summed E-state index contributed by atoms with van der Waals surface area (Å²) in [5.41, 5.74) is 1.20. The van der Waals surface area contributed by atoms with Crippen LogP contribution in [0.2, 0.25) is 0 Å². The molecule has 158 valence electrons. The Morgan fingerprint density at radius 3 is 2.77 bits per heavy atom. The van der Waals surface area contributed by atoms with E-state index >= 15 is 0 Å². The van der Waals surface area contributed by atoms with E-state index in [1.165, 1.54) is 24.5 Å². The summed E-state index contributed by atoms with van der Waals surface area (Å²) in [5.74, 6) is 0.873. The summed E-state index contributed by atoms with van der Waals surface area (Å²) in [6.45, 7) is 3.01. The number of thiazole rings is 1. The highest BCUT2D eigenvalue weighted by molar-refractivity contribution is 7.93. The van der Waals surface area contributed by atoms with E-state index in [4.69, 9.17) is 9.47 Å². The molecule has 0 bridgehead atoms. The second kappa shape index (κ2) is 8.11. The van der Waals surface area contributed by atoms with E-state index in [1.807, 2.05) is 13.0 Å². The number of carbonyl (C=O) groups is 1. The maximum atomic E-state index is 13.1. The predicted octanol–water partition coefficient (Wildman–Crippen LogP) is 3.63. The van der Waals surface area contributed by atoms with Crippen molar-refractivity contribution in [3.05, 3.63) is 36.4 Å². The molecule has 2 heterocycles. The lowest BCUT2D eigenvalue weighted by Gasteiger charge is -2.18. The third kappa shape index (κ3) is 3.92. The number of sulfonamides is 1. The van der Waals surface area contributed by atoms with Crippen LogP contribution in [0.1, 0.15) is 19.8 Å². The van der Waals surface area contributed by atoms with Crippen molar-refractivity contribution in [3.63, 3.8) is 0 Å². The van der Waals surface area contributed by atoms with Gasteiger partial charge in [0.25, 0.3) is 10.0 Å². The molecule has 0 radical (unpaired) electrons. The molecule has 1 amide bonds. The van der Waals surface area contributed by atoms with Gasteiger partial charge in [0.2, 0.25) is 5.91 Å². The lowest BCUT2D eigenvalue weighted by atomic mass is 10.3. The number of nitrogens with zero attached hydrogens (tertiary/aromatic N) is 2. The lowest BCUT2D eigenvalue weighted by Crippen LogP contribution is -2.24. The molecular formula is C20H21N3O5S2. The van der Waals surface area contributed by atoms with Gasteiger partial charge in [0.05, 0.1) is 23.9 Å². The third-order valence-corrected chi connectivity index (χ3v) is 7.14. The van der Waals surface area contributed by atoms with E-state index in [-0.39, 0.29) is 21.7 Å². The summed E-state index contributed by atoms with van der Waals surface area (Å²) in [6, 6.07) is 10.1. The molecule has 10 heteroatoms. The number of carbonyl (C=O) groups excluding carboxylic acids is 1. The summed E-state index contributed by atoms with van der Waals surface area (Å²) in [5, 5.41) is 0.239. The summed E-state index contributed by atoms with van der Waals surface area (Å²) in [4.78, 5) is 18.0. The number of hydrogen-bond acceptors (Lipinski definition) is 7. The summed E-state index contributed by atoms with van der Waals surface area (Å²) >= 11 is 1.22. The monoisotopic (exact) mass is 447 g/mol. The van der Waals surface area contributed by atoms with Gasteiger partial charge in [0.15, 0.2) is 5.13 Å². The largest absolute Gasteiger partial charge is 0.495 e. The highest BCUT2D eigenvalue weighted by atomic mass is 32.2. The Morgan fingerprint density at radius 2 is 2.07 bits per heavy atom. The van der Waals surface area contributed by atoms with E-state index in [0.29, 0.717) is 36.5 Å². The van der Waals surface area contributed by atoms with Gasteiger partial charge >= 0.3 is 0 Å². The van der Waals surface area contributed by atoms with E-state index in [0.717, 1.165) is 11.1 Å². The first-order valence-corrected chi connectivity index (χ1v) is 11.8. The molecule has 1 N–H and O–H groups in total. The van der Waals surface area contributed by atoms with Gasteiger partial charge in [-0.25, -0.2) is 13.4 Å². The fourth-order valence-electron chi connectivity index (χ4n) is 3.34. The van der Waals surface area contributed by atoms with Crippen molar-refractivity contribution in [2.45, 2.75) is 24.7 Å². The number of nitrogens with one attached hydrogen (secondary N) is 1. The van der Waals surface area contributed by atoms with Gasteiger partial charge in [-0.3, -0.25) is 9.52 Å². The molecule has 1 saturated heterocycles. The Morgan fingerprint density at radius 1 is 1.23 bits per heavy atom. The second-order valence-corrected chi connectivity index (χ2v) is 9.35. The molecule has 30 heavy (non-hydrogen) atoms. The van der Waals surface area contributed by atoms with Crippen LogP contribution in [0.3, 0.4) is 0 Å². The molecule has 1 aliphatic rings. The first-order chi connectivity index (χ1) is 14.4. The fraction of sp³-hybridized carbons (Fsp3) is 0.300. The van der Waals surface area contributed by atoms with E-state index in [2.05, 4.69) is 9.71 Å². The van der Waals surface area contributed by atoms with Crippen molar-refractivity contribution in [3.8, 4) is 11.5 Å². The van der Waals surface area contributed by atoms with Crippen LogP contribution in [0.5, 0.6) is 11.5 Å². The number of hydrogen-bond donors (Lipinski definition) is 1. The molecule has 0 atom stereocenters. The first-order valence-electron chi connectivity index (χ1n) is 9.46. The van der Waals surface area contributed by atoms with Crippen molar-refractivity contribution >= 4 is 48.3 Å². The minimum absolute atomic E-state index is 0.0206. The quantitative estimate of drug-likeness (QED) is 0.594. The number of ether oxygens (including phenoxy) is 2. The zero-order chi connectivity index (χ0) is 21.3. The number of anilines is 2. The van der Waals surface area contributed by atoms with Crippen LogP contribution in [0, 0.1) is 0 Å². The van der Waals surface area contributed by atoms with Crippen molar-refractivity contribution in [2.24, 2.45) is 0 Å². The second-order valence-electron chi connectivity index (χ2n) is 6.67. The van der Waals surface area contributed by atoms with E-state index < -0.39 is 10.0 Å². The topological polar surface area (TPSA) is 97.8 Å². The molecule has 0 unspecified atom stereocenters. The zero-order valence-electron chi connectivity index (χ0n) is 16.5. The molecule has 8 nitrogen and oxygen atoms in total. The number of methoxy groups -OCH3 is 1. The highest BCUT2D eigenvalue weighted by Gasteiger charge is 2.26.